The summed E-state index contributed by atoms with van der Waals surface area (Å²) in [5.74, 6) is 0.478. The van der Waals surface area contributed by atoms with E-state index in [1.807, 2.05) is 12.1 Å². The van der Waals surface area contributed by atoms with E-state index in [9.17, 15) is 9.50 Å². The zero-order valence-electron chi connectivity index (χ0n) is 13.0. The van der Waals surface area contributed by atoms with Gasteiger partial charge in [0.1, 0.15) is 17.2 Å². The molecule has 1 atom stereocenters. The van der Waals surface area contributed by atoms with Crippen molar-refractivity contribution < 1.29 is 9.50 Å². The highest BCUT2D eigenvalue weighted by Gasteiger charge is 2.31. The predicted molar refractivity (Wildman–Crippen MR) is 89.1 cm³/mol. The third-order valence-electron chi connectivity index (χ3n) is 4.22. The number of aliphatic hydroxyl groups excluding tert-OH is 1. The van der Waals surface area contributed by atoms with Gasteiger partial charge in [0.25, 0.3) is 0 Å². The summed E-state index contributed by atoms with van der Waals surface area (Å²) in [4.78, 5) is 15.2. The molecule has 0 bridgehead atoms. The van der Waals surface area contributed by atoms with Gasteiger partial charge in [0.15, 0.2) is 5.65 Å². The maximum absolute atomic E-state index is 13.0. The minimum absolute atomic E-state index is 0.306. The second-order valence-corrected chi connectivity index (χ2v) is 6.02. The number of anilines is 1. The first-order chi connectivity index (χ1) is 11.7. The number of pyridine rings is 1. The molecule has 0 saturated heterocycles. The molecule has 1 aliphatic carbocycles. The van der Waals surface area contributed by atoms with Crippen molar-refractivity contribution in [2.45, 2.75) is 25.0 Å². The molecule has 5 nitrogen and oxygen atoms in total. The second kappa shape index (κ2) is 6.13. The molecule has 1 fully saturated rings. The lowest BCUT2D eigenvalue weighted by Crippen LogP contribution is -2.31. The van der Waals surface area contributed by atoms with Gasteiger partial charge in [-0.05, 0) is 42.7 Å². The highest BCUT2D eigenvalue weighted by atomic mass is 19.1. The normalized spacial score (nSPS) is 15.4. The van der Waals surface area contributed by atoms with Crippen LogP contribution in [0.2, 0.25) is 0 Å². The van der Waals surface area contributed by atoms with Gasteiger partial charge in [-0.25, -0.2) is 14.4 Å². The Bertz CT molecular complexity index is 851. The van der Waals surface area contributed by atoms with Gasteiger partial charge in [0.05, 0.1) is 6.10 Å². The van der Waals surface area contributed by atoms with Crippen molar-refractivity contribution in [1.82, 2.24) is 15.0 Å². The number of aliphatic hydroxyl groups is 1. The fourth-order valence-electron chi connectivity index (χ4n) is 2.80. The van der Waals surface area contributed by atoms with E-state index >= 15 is 0 Å². The minimum atomic E-state index is -0.703. The predicted octanol–water partition coefficient (Wildman–Crippen LogP) is 2.87. The zero-order chi connectivity index (χ0) is 16.5. The number of aromatic nitrogens is 3. The van der Waals surface area contributed by atoms with Crippen LogP contribution in [0.4, 0.5) is 10.2 Å². The van der Waals surface area contributed by atoms with E-state index in [1.165, 1.54) is 12.1 Å². The van der Waals surface area contributed by atoms with Crippen molar-refractivity contribution in [3.05, 3.63) is 60.2 Å². The summed E-state index contributed by atoms with van der Waals surface area (Å²) < 4.78 is 13.0. The molecule has 0 unspecified atom stereocenters. The van der Waals surface area contributed by atoms with Crippen molar-refractivity contribution in [3.63, 3.8) is 0 Å². The molecule has 3 aromatic rings. The first-order valence-corrected chi connectivity index (χ1v) is 7.98. The Balaban J connectivity index is 1.60. The molecule has 1 saturated carbocycles. The van der Waals surface area contributed by atoms with Crippen LogP contribution in [-0.2, 0) is 0 Å². The molecule has 6 heteroatoms. The lowest BCUT2D eigenvalue weighted by Gasteiger charge is -2.26. The molecule has 4 rings (SSSR count). The van der Waals surface area contributed by atoms with Gasteiger partial charge in [-0.3, -0.25) is 4.98 Å². The quantitative estimate of drug-likeness (QED) is 0.782. The van der Waals surface area contributed by atoms with Crippen LogP contribution in [0, 0.1) is 5.82 Å². The van der Waals surface area contributed by atoms with Gasteiger partial charge in [-0.2, -0.15) is 0 Å². The van der Waals surface area contributed by atoms with Gasteiger partial charge < -0.3 is 10.0 Å². The summed E-state index contributed by atoms with van der Waals surface area (Å²) in [5.41, 5.74) is 2.04. The molecule has 2 heterocycles. The molecule has 1 aromatic carbocycles. The van der Waals surface area contributed by atoms with Crippen LogP contribution in [-0.4, -0.2) is 32.6 Å². The van der Waals surface area contributed by atoms with E-state index < -0.39 is 6.10 Å². The average molecular weight is 324 g/mol. The number of hydrogen-bond donors (Lipinski definition) is 1. The fourth-order valence-corrected chi connectivity index (χ4v) is 2.80. The molecule has 24 heavy (non-hydrogen) atoms. The smallest absolute Gasteiger partial charge is 0.180 e. The lowest BCUT2D eigenvalue weighted by molar-refractivity contribution is 0.182. The van der Waals surface area contributed by atoms with Crippen molar-refractivity contribution in [2.24, 2.45) is 0 Å². The topological polar surface area (TPSA) is 62.1 Å². The van der Waals surface area contributed by atoms with Crippen molar-refractivity contribution in [1.29, 1.82) is 0 Å². The standard InChI is InChI=1S/C18H17FN4O/c19-13-3-1-12(2-4-13)16(24)11-23(14-5-6-14)17-8-7-15-18(22-17)21-10-9-20-15/h1-4,7-10,14,16,24H,5-6,11H2/t16-/m1/s1. The van der Waals surface area contributed by atoms with Gasteiger partial charge >= 0.3 is 0 Å². The second-order valence-electron chi connectivity index (χ2n) is 6.02. The van der Waals surface area contributed by atoms with Gasteiger partial charge in [0, 0.05) is 25.0 Å². The summed E-state index contributed by atoms with van der Waals surface area (Å²) >= 11 is 0. The van der Waals surface area contributed by atoms with Crippen LogP contribution in [0.5, 0.6) is 0 Å². The number of nitrogens with zero attached hydrogens (tertiary/aromatic N) is 4. The Hall–Kier alpha value is -2.60. The molecule has 2 aromatic heterocycles. The molecule has 1 N–H and O–H groups in total. The van der Waals surface area contributed by atoms with Crippen LogP contribution in [0.3, 0.4) is 0 Å². The van der Waals surface area contributed by atoms with E-state index in [0.717, 1.165) is 24.2 Å². The number of fused-ring (bicyclic) bond motifs is 1. The Kier molecular flexibility index (Phi) is 3.82. The number of rotatable bonds is 5. The molecule has 0 aliphatic heterocycles. The van der Waals surface area contributed by atoms with Gasteiger partial charge in [-0.1, -0.05) is 12.1 Å². The van der Waals surface area contributed by atoms with E-state index in [0.29, 0.717) is 23.8 Å². The zero-order valence-corrected chi connectivity index (χ0v) is 13.0. The van der Waals surface area contributed by atoms with Crippen molar-refractivity contribution in [3.8, 4) is 0 Å². The van der Waals surface area contributed by atoms with Crippen LogP contribution >= 0.6 is 0 Å². The Morgan fingerprint density at radius 1 is 1.08 bits per heavy atom. The van der Waals surface area contributed by atoms with Crippen LogP contribution < -0.4 is 4.90 Å². The van der Waals surface area contributed by atoms with E-state index in [1.54, 1.807) is 24.5 Å². The summed E-state index contributed by atoms with van der Waals surface area (Å²) in [5, 5.41) is 10.5. The summed E-state index contributed by atoms with van der Waals surface area (Å²) in [6, 6.07) is 10.1. The highest BCUT2D eigenvalue weighted by molar-refractivity contribution is 5.71. The van der Waals surface area contributed by atoms with Gasteiger partial charge in [-0.15, -0.1) is 0 Å². The number of benzene rings is 1. The molecule has 122 valence electrons. The number of halogens is 1. The first kappa shape index (κ1) is 15.0. The van der Waals surface area contributed by atoms with Crippen LogP contribution in [0.1, 0.15) is 24.5 Å². The SMILES string of the molecule is O[C@H](CN(c1ccc2nccnc2n1)C1CC1)c1ccc(F)cc1. The summed E-state index contributed by atoms with van der Waals surface area (Å²) in [7, 11) is 0. The largest absolute Gasteiger partial charge is 0.387 e. The molecule has 0 radical (unpaired) electrons. The van der Waals surface area contributed by atoms with Gasteiger partial charge in [0.2, 0.25) is 0 Å². The molecule has 1 aliphatic rings. The Morgan fingerprint density at radius 2 is 1.83 bits per heavy atom. The summed E-state index contributed by atoms with van der Waals surface area (Å²) in [6.07, 6.45) is 4.71. The van der Waals surface area contributed by atoms with E-state index in [4.69, 9.17) is 0 Å². The molecule has 0 amide bonds. The van der Waals surface area contributed by atoms with E-state index in [-0.39, 0.29) is 5.82 Å². The average Bonchev–Trinajstić information content (AvgIpc) is 3.44. The van der Waals surface area contributed by atoms with Crippen molar-refractivity contribution in [2.75, 3.05) is 11.4 Å². The molecular formula is C18H17FN4O. The van der Waals surface area contributed by atoms with Crippen LogP contribution in [0.15, 0.2) is 48.8 Å². The lowest BCUT2D eigenvalue weighted by atomic mass is 10.1. The summed E-state index contributed by atoms with van der Waals surface area (Å²) in [6.45, 7) is 0.412. The van der Waals surface area contributed by atoms with E-state index in [2.05, 4.69) is 19.9 Å². The first-order valence-electron chi connectivity index (χ1n) is 7.98. The Morgan fingerprint density at radius 3 is 2.58 bits per heavy atom. The monoisotopic (exact) mass is 324 g/mol. The van der Waals surface area contributed by atoms with Crippen molar-refractivity contribution >= 4 is 17.0 Å². The maximum Gasteiger partial charge on any atom is 0.180 e. The molecular weight excluding hydrogens is 307 g/mol. The highest BCUT2D eigenvalue weighted by Crippen LogP contribution is 2.33. The fraction of sp³-hybridized carbons (Fsp3) is 0.278. The Labute approximate surface area is 138 Å². The third-order valence-corrected chi connectivity index (χ3v) is 4.22. The third kappa shape index (κ3) is 3.05. The number of hydrogen-bond acceptors (Lipinski definition) is 5. The minimum Gasteiger partial charge on any atom is -0.387 e. The maximum atomic E-state index is 13.0. The molecule has 0 spiro atoms. The van der Waals surface area contributed by atoms with Crippen LogP contribution in [0.25, 0.3) is 11.2 Å².